The summed E-state index contributed by atoms with van der Waals surface area (Å²) in [7, 11) is 1.32. The number of nitrogens with one attached hydrogen (secondary N) is 1. The molecule has 3 fully saturated rings. The number of carbonyl (C=O) groups excluding carboxylic acids is 3. The van der Waals surface area contributed by atoms with Gasteiger partial charge in [-0.05, 0) is 31.2 Å². The van der Waals surface area contributed by atoms with Crippen molar-refractivity contribution in [3.05, 3.63) is 35.9 Å². The number of benzene rings is 1. The van der Waals surface area contributed by atoms with Crippen molar-refractivity contribution in [2.75, 3.05) is 26.9 Å². The largest absolute Gasteiger partial charge is 0.467 e. The number of amides is 2. The van der Waals surface area contributed by atoms with E-state index in [9.17, 15) is 14.4 Å². The van der Waals surface area contributed by atoms with Crippen LogP contribution in [0, 0.1) is 17.8 Å². The molecular weight excluding hydrogens is 360 g/mol. The molecule has 1 aromatic rings. The molecule has 1 aromatic carbocycles. The van der Waals surface area contributed by atoms with Gasteiger partial charge in [-0.1, -0.05) is 30.3 Å². The van der Waals surface area contributed by atoms with Crippen molar-refractivity contribution in [1.82, 2.24) is 10.2 Å². The van der Waals surface area contributed by atoms with Crippen LogP contribution in [-0.4, -0.2) is 55.6 Å². The standard InChI is InChI=1S/C21H26N2O5/c1-3-23-18(24)15-16(19(23)25)21(20(26)27-2,14-7-5-4-6-8-14)22-17(15)13-9-11-28-12-10-13/h4-8,13,15-17,22H,3,9-12H2,1-2H3/t15-,16-,17-,21-/m1/s1. The number of carbonyl (C=O) groups is 3. The van der Waals surface area contributed by atoms with Crippen molar-refractivity contribution in [3.8, 4) is 0 Å². The Labute approximate surface area is 164 Å². The summed E-state index contributed by atoms with van der Waals surface area (Å²) < 4.78 is 10.7. The molecule has 0 spiro atoms. The summed E-state index contributed by atoms with van der Waals surface area (Å²) in [4.78, 5) is 40.9. The number of ether oxygens (including phenoxy) is 2. The highest BCUT2D eigenvalue weighted by atomic mass is 16.5. The third kappa shape index (κ3) is 2.60. The van der Waals surface area contributed by atoms with Crippen LogP contribution in [0.5, 0.6) is 0 Å². The molecule has 0 aliphatic carbocycles. The maximum absolute atomic E-state index is 13.3. The Morgan fingerprint density at radius 2 is 1.89 bits per heavy atom. The maximum Gasteiger partial charge on any atom is 0.331 e. The van der Waals surface area contributed by atoms with Crippen molar-refractivity contribution in [2.45, 2.75) is 31.3 Å². The molecule has 4 rings (SSSR count). The number of imide groups is 1. The van der Waals surface area contributed by atoms with E-state index in [1.54, 1.807) is 6.92 Å². The van der Waals surface area contributed by atoms with Crippen molar-refractivity contribution in [1.29, 1.82) is 0 Å². The highest BCUT2D eigenvalue weighted by Gasteiger charge is 2.69. The second-order valence-corrected chi connectivity index (χ2v) is 7.71. The van der Waals surface area contributed by atoms with Crippen LogP contribution < -0.4 is 5.32 Å². The molecule has 3 saturated heterocycles. The van der Waals surface area contributed by atoms with Crippen LogP contribution in [0.2, 0.25) is 0 Å². The summed E-state index contributed by atoms with van der Waals surface area (Å²) in [5.41, 5.74) is -0.703. The molecule has 4 atom stereocenters. The summed E-state index contributed by atoms with van der Waals surface area (Å²) in [5, 5.41) is 3.45. The quantitative estimate of drug-likeness (QED) is 0.616. The molecule has 28 heavy (non-hydrogen) atoms. The van der Waals surface area contributed by atoms with Gasteiger partial charge in [0.15, 0.2) is 5.54 Å². The highest BCUT2D eigenvalue weighted by molar-refractivity contribution is 6.09. The van der Waals surface area contributed by atoms with Crippen LogP contribution in [-0.2, 0) is 29.4 Å². The lowest BCUT2D eigenvalue weighted by atomic mass is 9.74. The number of fused-ring (bicyclic) bond motifs is 1. The van der Waals surface area contributed by atoms with E-state index in [1.165, 1.54) is 12.0 Å². The maximum atomic E-state index is 13.3. The van der Waals surface area contributed by atoms with Gasteiger partial charge >= 0.3 is 5.97 Å². The zero-order valence-electron chi connectivity index (χ0n) is 16.2. The molecule has 150 valence electrons. The van der Waals surface area contributed by atoms with Crippen LogP contribution in [0.4, 0.5) is 0 Å². The van der Waals surface area contributed by atoms with Gasteiger partial charge in [-0.15, -0.1) is 0 Å². The topological polar surface area (TPSA) is 84.9 Å². The average molecular weight is 386 g/mol. The first-order valence-electron chi connectivity index (χ1n) is 9.90. The monoisotopic (exact) mass is 386 g/mol. The first kappa shape index (κ1) is 19.1. The smallest absolute Gasteiger partial charge is 0.331 e. The Bertz CT molecular complexity index is 776. The predicted molar refractivity (Wildman–Crippen MR) is 100.0 cm³/mol. The molecule has 3 heterocycles. The minimum Gasteiger partial charge on any atom is -0.467 e. The molecule has 3 aliphatic heterocycles. The van der Waals surface area contributed by atoms with Gasteiger partial charge < -0.3 is 9.47 Å². The fourth-order valence-corrected chi connectivity index (χ4v) is 5.24. The zero-order chi connectivity index (χ0) is 19.9. The first-order valence-corrected chi connectivity index (χ1v) is 9.90. The lowest BCUT2D eigenvalue weighted by Gasteiger charge is -2.35. The van der Waals surface area contributed by atoms with Crippen molar-refractivity contribution < 1.29 is 23.9 Å². The molecular formula is C21H26N2O5. The molecule has 0 saturated carbocycles. The van der Waals surface area contributed by atoms with Crippen molar-refractivity contribution >= 4 is 17.8 Å². The number of nitrogens with zero attached hydrogens (tertiary/aromatic N) is 1. The van der Waals surface area contributed by atoms with Crippen molar-refractivity contribution in [2.24, 2.45) is 17.8 Å². The fraction of sp³-hybridized carbons (Fsp3) is 0.571. The minimum atomic E-state index is -1.36. The van der Waals surface area contributed by atoms with Gasteiger partial charge in [-0.3, -0.25) is 19.8 Å². The third-order valence-corrected chi connectivity index (χ3v) is 6.52. The molecule has 0 bridgehead atoms. The summed E-state index contributed by atoms with van der Waals surface area (Å²) in [6.45, 7) is 3.33. The molecule has 0 radical (unpaired) electrons. The van der Waals surface area contributed by atoms with Gasteiger partial charge in [0, 0.05) is 25.8 Å². The van der Waals surface area contributed by atoms with E-state index < -0.39 is 23.3 Å². The van der Waals surface area contributed by atoms with Gasteiger partial charge in [0.25, 0.3) is 0 Å². The van der Waals surface area contributed by atoms with E-state index in [0.29, 0.717) is 25.3 Å². The van der Waals surface area contributed by atoms with Crippen LogP contribution in [0.3, 0.4) is 0 Å². The normalized spacial score (nSPS) is 33.2. The van der Waals surface area contributed by atoms with Crippen molar-refractivity contribution in [3.63, 3.8) is 0 Å². The molecule has 7 heteroatoms. The second kappa shape index (κ2) is 7.29. The Morgan fingerprint density at radius 3 is 2.50 bits per heavy atom. The molecule has 1 N–H and O–H groups in total. The number of hydrogen-bond acceptors (Lipinski definition) is 6. The Kier molecular flexibility index (Phi) is 4.97. The van der Waals surface area contributed by atoms with Gasteiger partial charge in [-0.25, -0.2) is 4.79 Å². The summed E-state index contributed by atoms with van der Waals surface area (Å²) >= 11 is 0. The lowest BCUT2D eigenvalue weighted by Crippen LogP contribution is -2.56. The Hall–Kier alpha value is -2.25. The third-order valence-electron chi connectivity index (χ3n) is 6.52. The van der Waals surface area contributed by atoms with Gasteiger partial charge in [-0.2, -0.15) is 0 Å². The predicted octanol–water partition coefficient (Wildman–Crippen LogP) is 1.07. The molecule has 0 aromatic heterocycles. The average Bonchev–Trinajstić information content (AvgIpc) is 3.23. The molecule has 7 nitrogen and oxygen atoms in total. The number of hydrogen-bond donors (Lipinski definition) is 1. The summed E-state index contributed by atoms with van der Waals surface area (Å²) in [6.07, 6.45) is 1.58. The van der Waals surface area contributed by atoms with E-state index in [1.807, 2.05) is 30.3 Å². The number of likely N-dealkylation sites (tertiary alicyclic amines) is 1. The summed E-state index contributed by atoms with van der Waals surface area (Å²) in [6, 6.07) is 8.88. The van der Waals surface area contributed by atoms with E-state index >= 15 is 0 Å². The number of methoxy groups -OCH3 is 1. The number of esters is 1. The van der Waals surface area contributed by atoms with Crippen LogP contribution in [0.1, 0.15) is 25.3 Å². The summed E-state index contributed by atoms with van der Waals surface area (Å²) in [5.74, 6) is -2.23. The number of rotatable bonds is 4. The van der Waals surface area contributed by atoms with Crippen LogP contribution >= 0.6 is 0 Å². The SMILES string of the molecule is CCN1C(=O)[C@H]2[C@@H](C3CCOCC3)N[C@](C(=O)OC)(c3ccccc3)[C@H]2C1=O. The zero-order valence-corrected chi connectivity index (χ0v) is 16.2. The van der Waals surface area contributed by atoms with Gasteiger partial charge in [0.2, 0.25) is 11.8 Å². The second-order valence-electron chi connectivity index (χ2n) is 7.71. The van der Waals surface area contributed by atoms with Crippen LogP contribution in [0.15, 0.2) is 30.3 Å². The molecule has 2 amide bonds. The van der Waals surface area contributed by atoms with Crippen LogP contribution in [0.25, 0.3) is 0 Å². The van der Waals surface area contributed by atoms with E-state index in [4.69, 9.17) is 9.47 Å². The fourth-order valence-electron chi connectivity index (χ4n) is 5.24. The highest BCUT2D eigenvalue weighted by Crippen LogP contribution is 2.51. The van der Waals surface area contributed by atoms with E-state index in [-0.39, 0.29) is 23.8 Å². The lowest BCUT2D eigenvalue weighted by molar-refractivity contribution is -0.154. The first-order chi connectivity index (χ1) is 13.6. The van der Waals surface area contributed by atoms with E-state index in [2.05, 4.69) is 5.32 Å². The Balaban J connectivity index is 1.87. The Morgan fingerprint density at radius 1 is 1.21 bits per heavy atom. The minimum absolute atomic E-state index is 0.157. The molecule has 0 unspecified atom stereocenters. The van der Waals surface area contributed by atoms with E-state index in [0.717, 1.165) is 12.8 Å². The molecule has 3 aliphatic rings. The van der Waals surface area contributed by atoms with Gasteiger partial charge in [0.1, 0.15) is 0 Å². The van der Waals surface area contributed by atoms with Gasteiger partial charge in [0.05, 0.1) is 18.9 Å².